The standard InChI is InChI=1S/C10H14FNS/c11-4-5-12-7-9-6-8-2-1-3-10(8)13-9/h6,12H,1-5,7H2. The quantitative estimate of drug-likeness (QED) is 0.734. The number of halogens is 1. The SMILES string of the molecule is FCCNCc1cc2c(s1)CCC2. The second kappa shape index (κ2) is 4.20. The number of hydrogen-bond acceptors (Lipinski definition) is 2. The van der Waals surface area contributed by atoms with Crippen LogP contribution in [0.1, 0.15) is 21.7 Å². The normalized spacial score (nSPS) is 14.8. The lowest BCUT2D eigenvalue weighted by Crippen LogP contribution is -2.15. The van der Waals surface area contributed by atoms with Gasteiger partial charge in [0.25, 0.3) is 0 Å². The topological polar surface area (TPSA) is 12.0 Å². The fourth-order valence-electron chi connectivity index (χ4n) is 1.76. The monoisotopic (exact) mass is 199 g/mol. The zero-order valence-corrected chi connectivity index (χ0v) is 8.42. The van der Waals surface area contributed by atoms with Crippen molar-refractivity contribution in [3.63, 3.8) is 0 Å². The number of thiophene rings is 1. The summed E-state index contributed by atoms with van der Waals surface area (Å²) in [6.45, 7) is 1.04. The van der Waals surface area contributed by atoms with E-state index in [1.54, 1.807) is 4.88 Å². The smallest absolute Gasteiger partial charge is 0.102 e. The number of alkyl halides is 1. The van der Waals surface area contributed by atoms with Crippen molar-refractivity contribution < 1.29 is 4.39 Å². The molecular formula is C10H14FNS. The molecule has 0 aliphatic heterocycles. The predicted octanol–water partition coefficient (Wildman–Crippen LogP) is 2.30. The lowest BCUT2D eigenvalue weighted by atomic mass is 10.2. The van der Waals surface area contributed by atoms with Crippen molar-refractivity contribution in [2.45, 2.75) is 25.8 Å². The van der Waals surface area contributed by atoms with Crippen LogP contribution < -0.4 is 5.32 Å². The summed E-state index contributed by atoms with van der Waals surface area (Å²) in [7, 11) is 0. The van der Waals surface area contributed by atoms with E-state index in [2.05, 4.69) is 11.4 Å². The van der Waals surface area contributed by atoms with Crippen molar-refractivity contribution in [1.29, 1.82) is 0 Å². The van der Waals surface area contributed by atoms with E-state index >= 15 is 0 Å². The van der Waals surface area contributed by atoms with Gasteiger partial charge in [-0.05, 0) is 30.9 Å². The van der Waals surface area contributed by atoms with Gasteiger partial charge in [0.15, 0.2) is 0 Å². The van der Waals surface area contributed by atoms with Gasteiger partial charge in [-0.3, -0.25) is 0 Å². The van der Waals surface area contributed by atoms with Gasteiger partial charge in [-0.1, -0.05) is 0 Å². The number of fused-ring (bicyclic) bond motifs is 1. The van der Waals surface area contributed by atoms with Gasteiger partial charge in [0, 0.05) is 22.8 Å². The van der Waals surface area contributed by atoms with Crippen molar-refractivity contribution in [2.24, 2.45) is 0 Å². The Morgan fingerprint density at radius 2 is 2.38 bits per heavy atom. The van der Waals surface area contributed by atoms with Crippen LogP contribution >= 0.6 is 11.3 Å². The molecule has 0 fully saturated rings. The van der Waals surface area contributed by atoms with Gasteiger partial charge < -0.3 is 5.32 Å². The van der Waals surface area contributed by atoms with Gasteiger partial charge >= 0.3 is 0 Å². The first-order valence-corrected chi connectivity index (χ1v) is 5.59. The summed E-state index contributed by atoms with van der Waals surface area (Å²) in [5, 5.41) is 3.08. The molecular weight excluding hydrogens is 185 g/mol. The highest BCUT2D eigenvalue weighted by molar-refractivity contribution is 7.12. The van der Waals surface area contributed by atoms with E-state index in [4.69, 9.17) is 0 Å². The van der Waals surface area contributed by atoms with Crippen LogP contribution in [0.4, 0.5) is 4.39 Å². The molecule has 0 bridgehead atoms. The minimum absolute atomic E-state index is 0.273. The third kappa shape index (κ3) is 2.09. The number of aryl methyl sites for hydroxylation is 2. The minimum atomic E-state index is -0.273. The fraction of sp³-hybridized carbons (Fsp3) is 0.600. The summed E-state index contributed by atoms with van der Waals surface area (Å²) in [6, 6.07) is 2.28. The Kier molecular flexibility index (Phi) is 2.96. The zero-order valence-electron chi connectivity index (χ0n) is 7.61. The second-order valence-corrected chi connectivity index (χ2v) is 4.60. The van der Waals surface area contributed by atoms with Crippen LogP contribution in [0.15, 0.2) is 6.07 Å². The molecule has 1 heterocycles. The summed E-state index contributed by atoms with van der Waals surface area (Å²) < 4.78 is 11.8. The Morgan fingerprint density at radius 1 is 1.46 bits per heavy atom. The highest BCUT2D eigenvalue weighted by Gasteiger charge is 2.13. The van der Waals surface area contributed by atoms with Crippen LogP contribution in [-0.2, 0) is 19.4 Å². The van der Waals surface area contributed by atoms with Crippen LogP contribution in [0.2, 0.25) is 0 Å². The maximum atomic E-state index is 11.8. The highest BCUT2D eigenvalue weighted by atomic mass is 32.1. The third-order valence-electron chi connectivity index (χ3n) is 2.37. The first kappa shape index (κ1) is 9.16. The third-order valence-corrected chi connectivity index (χ3v) is 3.61. The molecule has 1 aromatic heterocycles. The van der Waals surface area contributed by atoms with Gasteiger partial charge in [-0.25, -0.2) is 4.39 Å². The van der Waals surface area contributed by atoms with Gasteiger partial charge in [0.1, 0.15) is 6.67 Å². The van der Waals surface area contributed by atoms with Crippen LogP contribution in [0.25, 0.3) is 0 Å². The molecule has 0 unspecified atom stereocenters. The van der Waals surface area contributed by atoms with Crippen molar-refractivity contribution >= 4 is 11.3 Å². The van der Waals surface area contributed by atoms with Crippen LogP contribution in [0.5, 0.6) is 0 Å². The molecule has 0 atom stereocenters. The molecule has 1 aromatic rings. The zero-order chi connectivity index (χ0) is 9.10. The van der Waals surface area contributed by atoms with E-state index in [1.165, 1.54) is 29.7 Å². The first-order valence-electron chi connectivity index (χ1n) is 4.77. The molecule has 3 heteroatoms. The molecule has 1 nitrogen and oxygen atoms in total. The fourth-order valence-corrected chi connectivity index (χ4v) is 2.99. The maximum absolute atomic E-state index is 11.8. The van der Waals surface area contributed by atoms with E-state index in [0.717, 1.165) is 6.54 Å². The molecule has 0 amide bonds. The van der Waals surface area contributed by atoms with Crippen LogP contribution in [0.3, 0.4) is 0 Å². The van der Waals surface area contributed by atoms with Crippen LogP contribution in [-0.4, -0.2) is 13.2 Å². The Balaban J connectivity index is 1.91. The molecule has 0 saturated carbocycles. The molecule has 0 spiro atoms. The summed E-state index contributed by atoms with van der Waals surface area (Å²) in [6.07, 6.45) is 3.82. The molecule has 2 rings (SSSR count). The Bertz CT molecular complexity index is 261. The maximum Gasteiger partial charge on any atom is 0.102 e. The summed E-state index contributed by atoms with van der Waals surface area (Å²) in [5.74, 6) is 0. The largest absolute Gasteiger partial charge is 0.309 e. The van der Waals surface area contributed by atoms with Gasteiger partial charge in [-0.2, -0.15) is 0 Å². The summed E-state index contributed by atoms with van der Waals surface area (Å²) in [5.41, 5.74) is 1.53. The van der Waals surface area contributed by atoms with Crippen molar-refractivity contribution in [1.82, 2.24) is 5.32 Å². The molecule has 13 heavy (non-hydrogen) atoms. The lowest BCUT2D eigenvalue weighted by molar-refractivity contribution is 0.467. The Labute approximate surface area is 82.0 Å². The number of rotatable bonds is 4. The second-order valence-electron chi connectivity index (χ2n) is 3.38. The first-order chi connectivity index (χ1) is 6.40. The molecule has 1 aliphatic rings. The molecule has 0 radical (unpaired) electrons. The van der Waals surface area contributed by atoms with E-state index in [0.29, 0.717) is 6.54 Å². The van der Waals surface area contributed by atoms with Gasteiger partial charge in [0.2, 0.25) is 0 Å². The summed E-state index contributed by atoms with van der Waals surface area (Å²) in [4.78, 5) is 2.91. The van der Waals surface area contributed by atoms with Crippen molar-refractivity contribution in [3.8, 4) is 0 Å². The summed E-state index contributed by atoms with van der Waals surface area (Å²) >= 11 is 1.89. The van der Waals surface area contributed by atoms with E-state index < -0.39 is 0 Å². The molecule has 72 valence electrons. The minimum Gasteiger partial charge on any atom is -0.309 e. The van der Waals surface area contributed by atoms with Crippen molar-refractivity contribution in [2.75, 3.05) is 13.2 Å². The average Bonchev–Trinajstić information content (AvgIpc) is 2.64. The van der Waals surface area contributed by atoms with E-state index in [1.807, 2.05) is 11.3 Å². The molecule has 1 aliphatic carbocycles. The van der Waals surface area contributed by atoms with E-state index in [-0.39, 0.29) is 6.67 Å². The predicted molar refractivity (Wildman–Crippen MR) is 54.0 cm³/mol. The van der Waals surface area contributed by atoms with Gasteiger partial charge in [0.05, 0.1) is 0 Å². The number of hydrogen-bond donors (Lipinski definition) is 1. The Morgan fingerprint density at radius 3 is 3.15 bits per heavy atom. The molecule has 0 aromatic carbocycles. The number of nitrogens with one attached hydrogen (secondary N) is 1. The Hall–Kier alpha value is -0.410. The van der Waals surface area contributed by atoms with Gasteiger partial charge in [-0.15, -0.1) is 11.3 Å². The van der Waals surface area contributed by atoms with Crippen LogP contribution in [0, 0.1) is 0 Å². The highest BCUT2D eigenvalue weighted by Crippen LogP contribution is 2.30. The average molecular weight is 199 g/mol. The molecule has 1 N–H and O–H groups in total. The van der Waals surface area contributed by atoms with E-state index in [9.17, 15) is 4.39 Å². The lowest BCUT2D eigenvalue weighted by Gasteiger charge is -1.97. The van der Waals surface area contributed by atoms with Crippen molar-refractivity contribution in [3.05, 3.63) is 21.4 Å². The molecule has 0 saturated heterocycles.